The van der Waals surface area contributed by atoms with Crippen LogP contribution in [0.4, 0.5) is 11.4 Å². The molecule has 24 heavy (non-hydrogen) atoms. The largest absolute Gasteiger partial charge is 0.490 e. The van der Waals surface area contributed by atoms with Gasteiger partial charge in [0, 0.05) is 23.5 Å². The summed E-state index contributed by atoms with van der Waals surface area (Å²) in [6, 6.07) is 11.2. The topological polar surface area (TPSA) is 59.6 Å². The van der Waals surface area contributed by atoms with Gasteiger partial charge in [0.05, 0.1) is 13.2 Å². The van der Waals surface area contributed by atoms with Crippen molar-refractivity contribution in [1.82, 2.24) is 0 Å². The highest BCUT2D eigenvalue weighted by molar-refractivity contribution is 6.04. The highest BCUT2D eigenvalue weighted by Gasteiger charge is 2.14. The Bertz CT molecular complexity index is 743. The van der Waals surface area contributed by atoms with E-state index in [1.54, 1.807) is 18.2 Å². The molecule has 0 saturated heterocycles. The molecule has 0 saturated carbocycles. The van der Waals surface area contributed by atoms with Gasteiger partial charge in [0.1, 0.15) is 0 Å². The van der Waals surface area contributed by atoms with E-state index >= 15 is 0 Å². The number of hydrogen-bond acceptors (Lipinski definition) is 4. The number of anilines is 2. The summed E-state index contributed by atoms with van der Waals surface area (Å²) in [7, 11) is 0. The Morgan fingerprint density at radius 2 is 1.88 bits per heavy atom. The zero-order valence-electron chi connectivity index (χ0n) is 14.0. The molecule has 2 aromatic rings. The molecule has 1 heterocycles. The zero-order chi connectivity index (χ0) is 16.9. The van der Waals surface area contributed by atoms with Crippen LogP contribution in [0.3, 0.4) is 0 Å². The summed E-state index contributed by atoms with van der Waals surface area (Å²) in [6.07, 6.45) is 0.983. The molecule has 0 unspecified atom stereocenters. The van der Waals surface area contributed by atoms with E-state index in [9.17, 15) is 4.79 Å². The minimum absolute atomic E-state index is 0.162. The summed E-state index contributed by atoms with van der Waals surface area (Å²) >= 11 is 0. The molecule has 2 aromatic carbocycles. The molecule has 0 aliphatic carbocycles. The molecule has 1 amide bonds. The summed E-state index contributed by atoms with van der Waals surface area (Å²) in [4.78, 5) is 12.5. The Kier molecular flexibility index (Phi) is 4.89. The van der Waals surface area contributed by atoms with Gasteiger partial charge in [0.15, 0.2) is 11.5 Å². The highest BCUT2D eigenvalue weighted by Crippen LogP contribution is 2.29. The van der Waals surface area contributed by atoms with Crippen molar-refractivity contribution < 1.29 is 14.3 Å². The summed E-state index contributed by atoms with van der Waals surface area (Å²) in [5.41, 5.74) is 3.72. The number of fused-ring (bicyclic) bond motifs is 1. The Balaban J connectivity index is 1.78. The van der Waals surface area contributed by atoms with Crippen molar-refractivity contribution in [3.05, 3.63) is 47.5 Å². The van der Waals surface area contributed by atoms with E-state index in [0.29, 0.717) is 30.3 Å². The summed E-state index contributed by atoms with van der Waals surface area (Å²) < 4.78 is 11.1. The molecule has 0 aromatic heterocycles. The summed E-state index contributed by atoms with van der Waals surface area (Å²) in [6.45, 7) is 5.83. The molecule has 0 spiro atoms. The van der Waals surface area contributed by atoms with Crippen molar-refractivity contribution in [3.8, 4) is 11.5 Å². The van der Waals surface area contributed by atoms with Crippen molar-refractivity contribution in [1.29, 1.82) is 0 Å². The van der Waals surface area contributed by atoms with E-state index in [-0.39, 0.29) is 5.91 Å². The molecule has 0 bridgehead atoms. The maximum absolute atomic E-state index is 12.5. The third kappa shape index (κ3) is 3.45. The molecule has 5 heteroatoms. The van der Waals surface area contributed by atoms with Crippen LogP contribution in [0.1, 0.15) is 29.8 Å². The number of benzene rings is 2. The van der Waals surface area contributed by atoms with E-state index in [0.717, 1.165) is 24.3 Å². The zero-order valence-corrected chi connectivity index (χ0v) is 14.0. The van der Waals surface area contributed by atoms with Crippen LogP contribution >= 0.6 is 0 Å². The van der Waals surface area contributed by atoms with Crippen LogP contribution in [-0.4, -0.2) is 25.7 Å². The molecule has 0 radical (unpaired) electrons. The second-order valence-electron chi connectivity index (χ2n) is 5.53. The quantitative estimate of drug-likeness (QED) is 0.850. The summed E-state index contributed by atoms with van der Waals surface area (Å²) in [5, 5.41) is 6.25. The predicted octanol–water partition coefficient (Wildman–Crippen LogP) is 3.70. The van der Waals surface area contributed by atoms with Gasteiger partial charge < -0.3 is 20.1 Å². The van der Waals surface area contributed by atoms with Crippen LogP contribution < -0.4 is 20.1 Å². The number of rotatable bonds is 6. The van der Waals surface area contributed by atoms with E-state index < -0.39 is 0 Å². The number of carbonyl (C=O) groups is 1. The van der Waals surface area contributed by atoms with Crippen LogP contribution in [0.5, 0.6) is 11.5 Å². The van der Waals surface area contributed by atoms with E-state index in [2.05, 4.69) is 10.6 Å². The Labute approximate surface area is 142 Å². The van der Waals surface area contributed by atoms with Gasteiger partial charge in [-0.05, 0) is 62.2 Å². The minimum atomic E-state index is -0.162. The van der Waals surface area contributed by atoms with Gasteiger partial charge in [0.25, 0.3) is 5.91 Å². The molecule has 0 atom stereocenters. The number of carbonyl (C=O) groups excluding carboxylic acids is 1. The molecule has 0 fully saturated rings. The molecule has 3 rings (SSSR count). The molecular formula is C19H22N2O3. The lowest BCUT2D eigenvalue weighted by Crippen LogP contribution is -2.12. The Hall–Kier alpha value is -2.69. The smallest absolute Gasteiger partial charge is 0.255 e. The van der Waals surface area contributed by atoms with E-state index in [1.807, 2.05) is 32.0 Å². The standard InChI is InChI=1S/C19H22N2O3/c1-3-23-17-8-5-14(12-18(17)24-4-2)19(22)21-15-6-7-16-13(11-15)9-10-20-16/h5-8,11-12,20H,3-4,9-10H2,1-2H3,(H,21,22). The molecule has 126 valence electrons. The minimum Gasteiger partial charge on any atom is -0.490 e. The first-order valence-corrected chi connectivity index (χ1v) is 8.29. The first-order chi connectivity index (χ1) is 11.7. The fourth-order valence-corrected chi connectivity index (χ4v) is 2.78. The molecule has 5 nitrogen and oxygen atoms in total. The lowest BCUT2D eigenvalue weighted by Gasteiger charge is -2.13. The van der Waals surface area contributed by atoms with Crippen LogP contribution in [0, 0.1) is 0 Å². The van der Waals surface area contributed by atoms with E-state index in [1.165, 1.54) is 5.56 Å². The number of hydrogen-bond donors (Lipinski definition) is 2. The van der Waals surface area contributed by atoms with Crippen molar-refractivity contribution in [2.24, 2.45) is 0 Å². The van der Waals surface area contributed by atoms with Gasteiger partial charge in [-0.2, -0.15) is 0 Å². The summed E-state index contributed by atoms with van der Waals surface area (Å²) in [5.74, 6) is 1.08. The third-order valence-corrected chi connectivity index (χ3v) is 3.88. The number of amides is 1. The number of nitrogens with one attached hydrogen (secondary N) is 2. The van der Waals surface area contributed by atoms with Gasteiger partial charge in [0.2, 0.25) is 0 Å². The third-order valence-electron chi connectivity index (χ3n) is 3.88. The maximum Gasteiger partial charge on any atom is 0.255 e. The normalized spacial score (nSPS) is 12.2. The van der Waals surface area contributed by atoms with Gasteiger partial charge in [-0.15, -0.1) is 0 Å². The second-order valence-corrected chi connectivity index (χ2v) is 5.53. The van der Waals surface area contributed by atoms with Gasteiger partial charge in [-0.3, -0.25) is 4.79 Å². The number of ether oxygens (including phenoxy) is 2. The van der Waals surface area contributed by atoms with Gasteiger partial charge in [-0.25, -0.2) is 0 Å². The van der Waals surface area contributed by atoms with Crippen LogP contribution in [0.2, 0.25) is 0 Å². The lowest BCUT2D eigenvalue weighted by atomic mass is 10.1. The molecule has 1 aliphatic heterocycles. The first kappa shape index (κ1) is 16.2. The Morgan fingerprint density at radius 3 is 2.67 bits per heavy atom. The van der Waals surface area contributed by atoms with Crippen molar-refractivity contribution in [2.75, 3.05) is 30.4 Å². The van der Waals surface area contributed by atoms with E-state index in [4.69, 9.17) is 9.47 Å². The molecule has 2 N–H and O–H groups in total. The Morgan fingerprint density at radius 1 is 1.08 bits per heavy atom. The molecular weight excluding hydrogens is 304 g/mol. The van der Waals surface area contributed by atoms with Crippen molar-refractivity contribution in [2.45, 2.75) is 20.3 Å². The lowest BCUT2D eigenvalue weighted by molar-refractivity contribution is 0.102. The fraction of sp³-hybridized carbons (Fsp3) is 0.316. The van der Waals surface area contributed by atoms with Crippen molar-refractivity contribution in [3.63, 3.8) is 0 Å². The van der Waals surface area contributed by atoms with Crippen LogP contribution in [-0.2, 0) is 6.42 Å². The highest BCUT2D eigenvalue weighted by atomic mass is 16.5. The fourth-order valence-electron chi connectivity index (χ4n) is 2.78. The molecule has 1 aliphatic rings. The van der Waals surface area contributed by atoms with Crippen LogP contribution in [0.15, 0.2) is 36.4 Å². The SMILES string of the molecule is CCOc1ccc(C(=O)Nc2ccc3c(c2)CCN3)cc1OCC. The average molecular weight is 326 g/mol. The maximum atomic E-state index is 12.5. The average Bonchev–Trinajstić information content (AvgIpc) is 3.04. The monoisotopic (exact) mass is 326 g/mol. The second kappa shape index (κ2) is 7.25. The van der Waals surface area contributed by atoms with Gasteiger partial charge in [-0.1, -0.05) is 0 Å². The predicted molar refractivity (Wildman–Crippen MR) is 95.4 cm³/mol. The first-order valence-electron chi connectivity index (χ1n) is 8.29. The van der Waals surface area contributed by atoms with Crippen molar-refractivity contribution >= 4 is 17.3 Å². The van der Waals surface area contributed by atoms with Gasteiger partial charge >= 0.3 is 0 Å². The van der Waals surface area contributed by atoms with Crippen LogP contribution in [0.25, 0.3) is 0 Å².